The third-order valence-electron chi connectivity index (χ3n) is 2.43. The van der Waals surface area contributed by atoms with Gasteiger partial charge in [-0.3, -0.25) is 4.99 Å². The molecule has 0 aromatic rings. The zero-order valence-corrected chi connectivity index (χ0v) is 8.46. The van der Waals surface area contributed by atoms with E-state index in [1.54, 1.807) is 7.11 Å². The lowest BCUT2D eigenvalue weighted by Crippen LogP contribution is -2.12. The van der Waals surface area contributed by atoms with Crippen molar-refractivity contribution in [2.45, 2.75) is 44.6 Å². The average Bonchev–Trinajstić information content (AvgIpc) is 2.09. The summed E-state index contributed by atoms with van der Waals surface area (Å²) in [4.78, 5) is 4.57. The maximum absolute atomic E-state index is 5.22. The van der Waals surface area contributed by atoms with Crippen molar-refractivity contribution in [3.05, 3.63) is 12.7 Å². The van der Waals surface area contributed by atoms with Crippen molar-refractivity contribution in [3.63, 3.8) is 0 Å². The average molecular weight is 181 g/mol. The van der Waals surface area contributed by atoms with Gasteiger partial charge < -0.3 is 4.74 Å². The SMILES string of the molecule is C=CCC1CCCCC/C(OC)=N\1. The minimum atomic E-state index is 0.410. The Morgan fingerprint density at radius 3 is 3.08 bits per heavy atom. The highest BCUT2D eigenvalue weighted by molar-refractivity contribution is 5.76. The number of ether oxygens (including phenoxy) is 1. The van der Waals surface area contributed by atoms with E-state index >= 15 is 0 Å². The largest absolute Gasteiger partial charge is 0.484 e. The second-order valence-corrected chi connectivity index (χ2v) is 3.50. The van der Waals surface area contributed by atoms with Crippen molar-refractivity contribution in [2.24, 2.45) is 4.99 Å². The molecule has 0 saturated carbocycles. The van der Waals surface area contributed by atoms with Crippen molar-refractivity contribution in [3.8, 4) is 0 Å². The van der Waals surface area contributed by atoms with Gasteiger partial charge in [-0.2, -0.15) is 0 Å². The van der Waals surface area contributed by atoms with Crippen LogP contribution in [-0.2, 0) is 4.74 Å². The third-order valence-corrected chi connectivity index (χ3v) is 2.43. The second-order valence-electron chi connectivity index (χ2n) is 3.50. The van der Waals surface area contributed by atoms with Gasteiger partial charge in [-0.1, -0.05) is 18.9 Å². The molecule has 0 aromatic heterocycles. The molecule has 0 bridgehead atoms. The Labute approximate surface area is 80.7 Å². The van der Waals surface area contributed by atoms with E-state index in [-0.39, 0.29) is 0 Å². The van der Waals surface area contributed by atoms with E-state index in [4.69, 9.17) is 4.74 Å². The molecule has 1 aliphatic heterocycles. The van der Waals surface area contributed by atoms with Crippen LogP contribution >= 0.6 is 0 Å². The van der Waals surface area contributed by atoms with Gasteiger partial charge in [-0.25, -0.2) is 0 Å². The van der Waals surface area contributed by atoms with Gasteiger partial charge in [0.15, 0.2) is 5.90 Å². The highest BCUT2D eigenvalue weighted by Crippen LogP contribution is 2.16. The summed E-state index contributed by atoms with van der Waals surface area (Å²) in [5, 5.41) is 0. The van der Waals surface area contributed by atoms with Crippen LogP contribution < -0.4 is 0 Å². The molecule has 1 rings (SSSR count). The number of rotatable bonds is 2. The lowest BCUT2D eigenvalue weighted by atomic mass is 10.0. The lowest BCUT2D eigenvalue weighted by molar-refractivity contribution is 0.372. The summed E-state index contributed by atoms with van der Waals surface area (Å²) in [6.45, 7) is 3.75. The van der Waals surface area contributed by atoms with Gasteiger partial charge in [-0.05, 0) is 19.3 Å². The summed E-state index contributed by atoms with van der Waals surface area (Å²) in [7, 11) is 1.71. The lowest BCUT2D eigenvalue weighted by Gasteiger charge is -2.16. The molecule has 0 fully saturated rings. The van der Waals surface area contributed by atoms with Crippen molar-refractivity contribution in [1.82, 2.24) is 0 Å². The van der Waals surface area contributed by atoms with Crippen LogP contribution in [0.5, 0.6) is 0 Å². The van der Waals surface area contributed by atoms with Gasteiger partial charge >= 0.3 is 0 Å². The fourth-order valence-electron chi connectivity index (χ4n) is 1.68. The molecule has 0 spiro atoms. The van der Waals surface area contributed by atoms with E-state index in [0.717, 1.165) is 18.7 Å². The van der Waals surface area contributed by atoms with Crippen LogP contribution in [0.15, 0.2) is 17.6 Å². The molecule has 2 heteroatoms. The molecule has 13 heavy (non-hydrogen) atoms. The summed E-state index contributed by atoms with van der Waals surface area (Å²) >= 11 is 0. The van der Waals surface area contributed by atoms with Gasteiger partial charge in [-0.15, -0.1) is 6.58 Å². The first-order chi connectivity index (χ1) is 6.36. The highest BCUT2D eigenvalue weighted by atomic mass is 16.5. The first-order valence-electron chi connectivity index (χ1n) is 5.08. The molecule has 0 amide bonds. The molecule has 2 nitrogen and oxygen atoms in total. The molecule has 1 aliphatic rings. The van der Waals surface area contributed by atoms with Gasteiger partial charge in [0.1, 0.15) is 0 Å². The van der Waals surface area contributed by atoms with Gasteiger partial charge in [0.2, 0.25) is 0 Å². The van der Waals surface area contributed by atoms with E-state index in [1.165, 1.54) is 25.7 Å². The number of hydrogen-bond donors (Lipinski definition) is 0. The summed E-state index contributed by atoms with van der Waals surface area (Å²) in [6.07, 6.45) is 8.92. The number of methoxy groups -OCH3 is 1. The zero-order chi connectivity index (χ0) is 9.52. The van der Waals surface area contributed by atoms with E-state index in [0.29, 0.717) is 6.04 Å². The Bertz CT molecular complexity index is 187. The molecule has 1 atom stereocenters. The number of aliphatic imine (C=N–C) groups is 1. The zero-order valence-electron chi connectivity index (χ0n) is 8.46. The van der Waals surface area contributed by atoms with Gasteiger partial charge in [0, 0.05) is 6.42 Å². The van der Waals surface area contributed by atoms with E-state index in [9.17, 15) is 0 Å². The topological polar surface area (TPSA) is 21.6 Å². The van der Waals surface area contributed by atoms with E-state index in [2.05, 4.69) is 11.6 Å². The summed E-state index contributed by atoms with van der Waals surface area (Å²) in [5.74, 6) is 0.923. The summed E-state index contributed by atoms with van der Waals surface area (Å²) in [6, 6.07) is 0.410. The second kappa shape index (κ2) is 5.79. The smallest absolute Gasteiger partial charge is 0.183 e. The molecule has 0 radical (unpaired) electrons. The fourth-order valence-corrected chi connectivity index (χ4v) is 1.68. The Morgan fingerprint density at radius 2 is 2.38 bits per heavy atom. The Kier molecular flexibility index (Phi) is 4.58. The normalized spacial score (nSPS) is 28.1. The first-order valence-corrected chi connectivity index (χ1v) is 5.08. The molecule has 74 valence electrons. The maximum atomic E-state index is 5.22. The Hall–Kier alpha value is -0.790. The quantitative estimate of drug-likeness (QED) is 0.600. The Morgan fingerprint density at radius 1 is 1.54 bits per heavy atom. The number of hydrogen-bond acceptors (Lipinski definition) is 2. The van der Waals surface area contributed by atoms with Crippen LogP contribution in [0.4, 0.5) is 0 Å². The summed E-state index contributed by atoms with van der Waals surface area (Å²) < 4.78 is 5.22. The molecule has 0 aromatic carbocycles. The van der Waals surface area contributed by atoms with E-state index in [1.807, 2.05) is 6.08 Å². The van der Waals surface area contributed by atoms with Crippen LogP contribution in [-0.4, -0.2) is 19.0 Å². The number of nitrogens with zero attached hydrogens (tertiary/aromatic N) is 1. The minimum Gasteiger partial charge on any atom is -0.484 e. The fraction of sp³-hybridized carbons (Fsp3) is 0.727. The molecular formula is C11H19NO. The molecule has 0 aliphatic carbocycles. The monoisotopic (exact) mass is 181 g/mol. The molecule has 1 unspecified atom stereocenters. The van der Waals surface area contributed by atoms with Gasteiger partial charge in [0.25, 0.3) is 0 Å². The molecule has 1 heterocycles. The molecule has 0 saturated heterocycles. The van der Waals surface area contributed by atoms with E-state index < -0.39 is 0 Å². The van der Waals surface area contributed by atoms with Crippen molar-refractivity contribution >= 4 is 5.90 Å². The predicted molar refractivity (Wildman–Crippen MR) is 56.1 cm³/mol. The van der Waals surface area contributed by atoms with Crippen molar-refractivity contribution < 1.29 is 4.74 Å². The molecular weight excluding hydrogens is 162 g/mol. The Balaban J connectivity index is 2.56. The van der Waals surface area contributed by atoms with Crippen molar-refractivity contribution in [1.29, 1.82) is 0 Å². The first kappa shape index (κ1) is 10.3. The van der Waals surface area contributed by atoms with Crippen LogP contribution in [0, 0.1) is 0 Å². The maximum Gasteiger partial charge on any atom is 0.183 e. The molecule has 0 N–H and O–H groups in total. The van der Waals surface area contributed by atoms with Crippen LogP contribution in [0.1, 0.15) is 38.5 Å². The summed E-state index contributed by atoms with van der Waals surface area (Å²) in [5.41, 5.74) is 0. The standard InChI is InChI=1S/C11H19NO/c1-3-7-10-8-5-4-6-9-11(12-10)13-2/h3,10H,1,4-9H2,2H3/b12-11+. The predicted octanol–water partition coefficient (Wildman–Crippen LogP) is 2.94. The minimum absolute atomic E-state index is 0.410. The van der Waals surface area contributed by atoms with Crippen LogP contribution in [0.2, 0.25) is 0 Å². The van der Waals surface area contributed by atoms with Crippen LogP contribution in [0.3, 0.4) is 0 Å². The van der Waals surface area contributed by atoms with Crippen LogP contribution in [0.25, 0.3) is 0 Å². The third kappa shape index (κ3) is 3.62. The van der Waals surface area contributed by atoms with Crippen molar-refractivity contribution in [2.75, 3.05) is 7.11 Å². The highest BCUT2D eigenvalue weighted by Gasteiger charge is 2.10. The van der Waals surface area contributed by atoms with Gasteiger partial charge in [0.05, 0.1) is 13.2 Å².